The molecule has 1 unspecified atom stereocenters. The van der Waals surface area contributed by atoms with Crippen molar-refractivity contribution in [2.45, 2.75) is 18.9 Å². The Morgan fingerprint density at radius 3 is 2.71 bits per heavy atom. The third-order valence-electron chi connectivity index (χ3n) is 3.23. The number of benzene rings is 1. The summed E-state index contributed by atoms with van der Waals surface area (Å²) >= 11 is 0. The normalized spacial score (nSPS) is 19.9. The van der Waals surface area contributed by atoms with Crippen molar-refractivity contribution in [1.29, 1.82) is 0 Å². The Hall–Kier alpha value is -1.35. The van der Waals surface area contributed by atoms with Gasteiger partial charge >= 0.3 is 0 Å². The average Bonchev–Trinajstić information content (AvgIpc) is 2.76. The number of rotatable bonds is 3. The van der Waals surface area contributed by atoms with E-state index in [1.165, 1.54) is 0 Å². The molecule has 92 valence electrons. The molecule has 1 amide bonds. The third kappa shape index (κ3) is 2.86. The number of likely N-dealkylation sites (N-methyl/N-ethyl adjacent to an activating group) is 1. The summed E-state index contributed by atoms with van der Waals surface area (Å²) in [6, 6.07) is 9.95. The molecule has 2 rings (SSSR count). The molecule has 0 aliphatic carbocycles. The molecule has 3 heteroatoms. The lowest BCUT2D eigenvalue weighted by molar-refractivity contribution is 0.0716. The molecular weight excluding hydrogens is 212 g/mol. The Bertz CT molecular complexity index is 375. The van der Waals surface area contributed by atoms with Crippen molar-refractivity contribution in [1.82, 2.24) is 9.80 Å². The minimum Gasteiger partial charge on any atom is -0.334 e. The van der Waals surface area contributed by atoms with Crippen LogP contribution in [-0.2, 0) is 0 Å². The molecule has 17 heavy (non-hydrogen) atoms. The smallest absolute Gasteiger partial charge is 0.254 e. The van der Waals surface area contributed by atoms with Crippen molar-refractivity contribution in [3.8, 4) is 0 Å². The molecule has 0 aromatic heterocycles. The largest absolute Gasteiger partial charge is 0.334 e. The van der Waals surface area contributed by atoms with Crippen LogP contribution >= 0.6 is 0 Å². The van der Waals surface area contributed by atoms with E-state index in [9.17, 15) is 4.79 Å². The van der Waals surface area contributed by atoms with Gasteiger partial charge in [0, 0.05) is 24.7 Å². The van der Waals surface area contributed by atoms with Crippen LogP contribution in [0.2, 0.25) is 0 Å². The monoisotopic (exact) mass is 232 g/mol. The summed E-state index contributed by atoms with van der Waals surface area (Å²) in [4.78, 5) is 16.5. The van der Waals surface area contributed by atoms with Crippen LogP contribution in [0.5, 0.6) is 0 Å². The highest BCUT2D eigenvalue weighted by molar-refractivity contribution is 5.94. The zero-order valence-electron chi connectivity index (χ0n) is 10.6. The minimum absolute atomic E-state index is 0.176. The first-order valence-corrected chi connectivity index (χ1v) is 6.19. The van der Waals surface area contributed by atoms with E-state index in [0.29, 0.717) is 6.04 Å². The van der Waals surface area contributed by atoms with Crippen molar-refractivity contribution < 1.29 is 4.79 Å². The Kier molecular flexibility index (Phi) is 3.79. The highest BCUT2D eigenvalue weighted by Crippen LogP contribution is 2.20. The van der Waals surface area contributed by atoms with Crippen molar-refractivity contribution >= 4 is 5.91 Å². The van der Waals surface area contributed by atoms with E-state index in [1.54, 1.807) is 0 Å². The van der Waals surface area contributed by atoms with E-state index in [4.69, 9.17) is 0 Å². The first-order valence-electron chi connectivity index (χ1n) is 6.19. The van der Waals surface area contributed by atoms with Crippen LogP contribution in [0.3, 0.4) is 0 Å². The Morgan fingerprint density at radius 1 is 1.35 bits per heavy atom. The van der Waals surface area contributed by atoms with E-state index in [2.05, 4.69) is 19.0 Å². The van der Waals surface area contributed by atoms with Crippen LogP contribution < -0.4 is 0 Å². The fourth-order valence-electron chi connectivity index (χ4n) is 2.46. The van der Waals surface area contributed by atoms with Gasteiger partial charge in [0.05, 0.1) is 0 Å². The van der Waals surface area contributed by atoms with Gasteiger partial charge in [-0.05, 0) is 39.1 Å². The quantitative estimate of drug-likeness (QED) is 0.794. The zero-order valence-corrected chi connectivity index (χ0v) is 10.6. The number of carbonyl (C=O) groups excluding carboxylic acids is 1. The second-order valence-corrected chi connectivity index (χ2v) is 4.92. The highest BCUT2D eigenvalue weighted by atomic mass is 16.2. The molecule has 0 radical (unpaired) electrons. The van der Waals surface area contributed by atoms with Gasteiger partial charge in [0.15, 0.2) is 0 Å². The van der Waals surface area contributed by atoms with Crippen LogP contribution in [0, 0.1) is 0 Å². The maximum Gasteiger partial charge on any atom is 0.254 e. The van der Waals surface area contributed by atoms with E-state index in [-0.39, 0.29) is 5.91 Å². The lowest BCUT2D eigenvalue weighted by atomic mass is 10.1. The topological polar surface area (TPSA) is 23.6 Å². The molecule has 1 aromatic carbocycles. The van der Waals surface area contributed by atoms with E-state index >= 15 is 0 Å². The second kappa shape index (κ2) is 5.32. The molecule has 1 atom stereocenters. The van der Waals surface area contributed by atoms with Gasteiger partial charge in [0.1, 0.15) is 0 Å². The molecule has 1 heterocycles. The summed E-state index contributed by atoms with van der Waals surface area (Å²) in [5.74, 6) is 0.176. The van der Waals surface area contributed by atoms with E-state index in [0.717, 1.165) is 31.5 Å². The summed E-state index contributed by atoms with van der Waals surface area (Å²) in [6.07, 6.45) is 2.24. The molecule has 1 aliphatic rings. The predicted molar refractivity (Wildman–Crippen MR) is 69.1 cm³/mol. The number of hydrogen-bond donors (Lipinski definition) is 0. The maximum absolute atomic E-state index is 12.3. The first-order chi connectivity index (χ1) is 8.18. The van der Waals surface area contributed by atoms with Gasteiger partial charge in [-0.1, -0.05) is 18.2 Å². The van der Waals surface area contributed by atoms with Crippen LogP contribution in [0.25, 0.3) is 0 Å². The summed E-state index contributed by atoms with van der Waals surface area (Å²) in [5, 5.41) is 0. The van der Waals surface area contributed by atoms with Crippen LogP contribution in [0.15, 0.2) is 30.3 Å². The fraction of sp³-hybridized carbons (Fsp3) is 0.500. The zero-order chi connectivity index (χ0) is 12.3. The Balaban J connectivity index is 2.08. The van der Waals surface area contributed by atoms with Crippen molar-refractivity contribution in [2.24, 2.45) is 0 Å². The lowest BCUT2D eigenvalue weighted by Crippen LogP contribution is -2.41. The fourth-order valence-corrected chi connectivity index (χ4v) is 2.46. The molecule has 1 saturated heterocycles. The first kappa shape index (κ1) is 12.1. The predicted octanol–water partition coefficient (Wildman–Crippen LogP) is 1.85. The number of nitrogens with zero attached hydrogens (tertiary/aromatic N) is 2. The SMILES string of the molecule is CN(C)CC1CCCN1C(=O)c1ccccc1. The molecule has 0 saturated carbocycles. The molecule has 1 fully saturated rings. The van der Waals surface area contributed by atoms with Gasteiger partial charge in [-0.15, -0.1) is 0 Å². The van der Waals surface area contributed by atoms with E-state index in [1.807, 2.05) is 35.2 Å². The van der Waals surface area contributed by atoms with E-state index < -0.39 is 0 Å². The van der Waals surface area contributed by atoms with Crippen molar-refractivity contribution in [3.05, 3.63) is 35.9 Å². The Labute approximate surface area is 103 Å². The third-order valence-corrected chi connectivity index (χ3v) is 3.23. The van der Waals surface area contributed by atoms with Gasteiger partial charge in [0.2, 0.25) is 0 Å². The van der Waals surface area contributed by atoms with Gasteiger partial charge in [0.25, 0.3) is 5.91 Å². The number of likely N-dealkylation sites (tertiary alicyclic amines) is 1. The summed E-state index contributed by atoms with van der Waals surface area (Å²) in [7, 11) is 4.12. The highest BCUT2D eigenvalue weighted by Gasteiger charge is 2.29. The number of amides is 1. The summed E-state index contributed by atoms with van der Waals surface area (Å²) in [5.41, 5.74) is 0.804. The average molecular weight is 232 g/mol. The molecule has 3 nitrogen and oxygen atoms in total. The molecule has 1 aliphatic heterocycles. The number of carbonyl (C=O) groups is 1. The summed E-state index contributed by atoms with van der Waals surface area (Å²) in [6.45, 7) is 1.85. The molecule has 0 bridgehead atoms. The number of hydrogen-bond acceptors (Lipinski definition) is 2. The van der Waals surface area contributed by atoms with Crippen molar-refractivity contribution in [2.75, 3.05) is 27.2 Å². The van der Waals surface area contributed by atoms with Crippen LogP contribution in [-0.4, -0.2) is 48.9 Å². The van der Waals surface area contributed by atoms with Crippen LogP contribution in [0.4, 0.5) is 0 Å². The summed E-state index contributed by atoms with van der Waals surface area (Å²) < 4.78 is 0. The second-order valence-electron chi connectivity index (χ2n) is 4.92. The van der Waals surface area contributed by atoms with Gasteiger partial charge in [-0.3, -0.25) is 4.79 Å². The van der Waals surface area contributed by atoms with Gasteiger partial charge < -0.3 is 9.80 Å². The van der Waals surface area contributed by atoms with Crippen molar-refractivity contribution in [3.63, 3.8) is 0 Å². The molecule has 0 spiro atoms. The molecule has 1 aromatic rings. The van der Waals surface area contributed by atoms with Gasteiger partial charge in [-0.2, -0.15) is 0 Å². The maximum atomic E-state index is 12.3. The molecular formula is C14H20N2O. The van der Waals surface area contributed by atoms with Crippen LogP contribution in [0.1, 0.15) is 23.2 Å². The van der Waals surface area contributed by atoms with Gasteiger partial charge in [-0.25, -0.2) is 0 Å². The Morgan fingerprint density at radius 2 is 2.06 bits per heavy atom. The lowest BCUT2D eigenvalue weighted by Gasteiger charge is -2.27. The molecule has 0 N–H and O–H groups in total. The minimum atomic E-state index is 0.176. The standard InChI is InChI=1S/C14H20N2O/c1-15(2)11-13-9-6-10-16(13)14(17)12-7-4-3-5-8-12/h3-5,7-8,13H,6,9-11H2,1-2H3.